The number of rotatable bonds is 5. The fraction of sp³-hybridized carbons (Fsp3) is 0.389. The number of ether oxygens (including phenoxy) is 1. The van der Waals surface area contributed by atoms with Crippen molar-refractivity contribution in [3.8, 4) is 11.6 Å². The van der Waals surface area contributed by atoms with Crippen LogP contribution in [0.15, 0.2) is 30.5 Å². The van der Waals surface area contributed by atoms with Gasteiger partial charge in [-0.15, -0.1) is 0 Å². The van der Waals surface area contributed by atoms with Crippen molar-refractivity contribution in [2.24, 2.45) is 5.73 Å². The normalized spacial score (nSPS) is 11.0. The van der Waals surface area contributed by atoms with Crippen molar-refractivity contribution in [2.45, 2.75) is 40.0 Å². The Kier molecular flexibility index (Phi) is 4.97. The van der Waals surface area contributed by atoms with Gasteiger partial charge in [-0.2, -0.15) is 0 Å². The van der Waals surface area contributed by atoms with Gasteiger partial charge in [-0.05, 0) is 67.6 Å². The quantitative estimate of drug-likeness (QED) is 0.898. The molecule has 0 unspecified atom stereocenters. The minimum absolute atomic E-state index is 0.523. The van der Waals surface area contributed by atoms with Crippen LogP contribution in [0.5, 0.6) is 11.6 Å². The first-order valence-corrected chi connectivity index (χ1v) is 7.45. The number of hydrogen-bond donors (Lipinski definition) is 1. The molecule has 0 spiro atoms. The van der Waals surface area contributed by atoms with Crippen LogP contribution in [0.25, 0.3) is 0 Å². The van der Waals surface area contributed by atoms with Gasteiger partial charge in [0, 0.05) is 11.8 Å². The van der Waals surface area contributed by atoms with Gasteiger partial charge in [0.2, 0.25) is 5.88 Å². The average Bonchev–Trinajstić information content (AvgIpc) is 2.42. The molecule has 0 aliphatic rings. The molecule has 2 aromatic rings. The van der Waals surface area contributed by atoms with Crippen molar-refractivity contribution in [2.75, 3.05) is 6.54 Å². The minimum atomic E-state index is 0.523. The Morgan fingerprint density at radius 2 is 1.90 bits per heavy atom. The topological polar surface area (TPSA) is 48.1 Å². The summed E-state index contributed by atoms with van der Waals surface area (Å²) in [5.41, 5.74) is 10.4. The maximum Gasteiger partial charge on any atom is 0.222 e. The second kappa shape index (κ2) is 6.72. The molecule has 0 fully saturated rings. The lowest BCUT2D eigenvalue weighted by Crippen LogP contribution is -2.04. The number of benzene rings is 1. The van der Waals surface area contributed by atoms with Crippen molar-refractivity contribution >= 4 is 0 Å². The first kappa shape index (κ1) is 15.5. The van der Waals surface area contributed by atoms with Crippen molar-refractivity contribution in [3.63, 3.8) is 0 Å². The molecular formula is C18H24N2O. The van der Waals surface area contributed by atoms with Crippen LogP contribution in [0.3, 0.4) is 0 Å². The lowest BCUT2D eigenvalue weighted by atomic mass is 9.98. The highest BCUT2D eigenvalue weighted by atomic mass is 16.5. The van der Waals surface area contributed by atoms with E-state index in [-0.39, 0.29) is 0 Å². The second-order valence-corrected chi connectivity index (χ2v) is 5.78. The second-order valence-electron chi connectivity index (χ2n) is 5.78. The summed E-state index contributed by atoms with van der Waals surface area (Å²) >= 11 is 0. The Bertz CT molecular complexity index is 621. The summed E-state index contributed by atoms with van der Waals surface area (Å²) in [7, 11) is 0. The molecule has 0 aliphatic carbocycles. The maximum atomic E-state index is 5.92. The van der Waals surface area contributed by atoms with E-state index in [1.807, 2.05) is 19.2 Å². The summed E-state index contributed by atoms with van der Waals surface area (Å²) in [4.78, 5) is 4.40. The first-order chi connectivity index (χ1) is 10.0. The van der Waals surface area contributed by atoms with E-state index in [0.29, 0.717) is 18.3 Å². The summed E-state index contributed by atoms with van der Waals surface area (Å²) in [5, 5.41) is 0. The SMILES string of the molecule is Cc1cc(Oc2ncc(CCN)cc2C)ccc1C(C)C. The standard InChI is InChI=1S/C18H24N2O/c1-12(2)17-6-5-16(10-13(17)3)21-18-14(4)9-15(7-8-19)11-20-18/h5-6,9-12H,7-8,19H2,1-4H3. The highest BCUT2D eigenvalue weighted by Gasteiger charge is 2.08. The molecular weight excluding hydrogens is 260 g/mol. The number of aromatic nitrogens is 1. The van der Waals surface area contributed by atoms with E-state index in [2.05, 4.69) is 44.0 Å². The number of hydrogen-bond acceptors (Lipinski definition) is 3. The fourth-order valence-electron chi connectivity index (χ4n) is 2.50. The summed E-state index contributed by atoms with van der Waals surface area (Å²) in [6.45, 7) is 9.16. The molecule has 1 aromatic carbocycles. The predicted molar refractivity (Wildman–Crippen MR) is 87.1 cm³/mol. The summed E-state index contributed by atoms with van der Waals surface area (Å²) in [5.74, 6) is 2.01. The lowest BCUT2D eigenvalue weighted by Gasteiger charge is -2.13. The van der Waals surface area contributed by atoms with E-state index >= 15 is 0 Å². The van der Waals surface area contributed by atoms with Gasteiger partial charge in [-0.1, -0.05) is 19.9 Å². The zero-order valence-electron chi connectivity index (χ0n) is 13.3. The van der Waals surface area contributed by atoms with E-state index in [0.717, 1.165) is 23.3 Å². The van der Waals surface area contributed by atoms with Crippen LogP contribution in [0, 0.1) is 13.8 Å². The van der Waals surface area contributed by atoms with Crippen molar-refractivity contribution in [3.05, 3.63) is 52.7 Å². The third kappa shape index (κ3) is 3.82. The molecule has 2 rings (SSSR count). The van der Waals surface area contributed by atoms with Crippen LogP contribution in [-0.2, 0) is 6.42 Å². The molecule has 0 amide bonds. The molecule has 1 heterocycles. The number of nitrogens with zero attached hydrogens (tertiary/aromatic N) is 1. The van der Waals surface area contributed by atoms with Crippen molar-refractivity contribution < 1.29 is 4.74 Å². The van der Waals surface area contributed by atoms with Crippen LogP contribution >= 0.6 is 0 Å². The molecule has 0 atom stereocenters. The van der Waals surface area contributed by atoms with E-state index in [1.54, 1.807) is 0 Å². The molecule has 0 radical (unpaired) electrons. The first-order valence-electron chi connectivity index (χ1n) is 7.45. The monoisotopic (exact) mass is 284 g/mol. The zero-order chi connectivity index (χ0) is 15.4. The number of nitrogens with two attached hydrogens (primary N) is 1. The van der Waals surface area contributed by atoms with Crippen LogP contribution < -0.4 is 10.5 Å². The minimum Gasteiger partial charge on any atom is -0.439 e. The summed E-state index contributed by atoms with van der Waals surface area (Å²) in [6, 6.07) is 8.31. The predicted octanol–water partition coefficient (Wildman–Crippen LogP) is 4.12. The van der Waals surface area contributed by atoms with E-state index in [9.17, 15) is 0 Å². The Balaban J connectivity index is 2.20. The van der Waals surface area contributed by atoms with Gasteiger partial charge >= 0.3 is 0 Å². The smallest absolute Gasteiger partial charge is 0.222 e. The third-order valence-electron chi connectivity index (χ3n) is 3.60. The zero-order valence-corrected chi connectivity index (χ0v) is 13.3. The molecule has 0 aliphatic heterocycles. The van der Waals surface area contributed by atoms with E-state index in [4.69, 9.17) is 10.5 Å². The molecule has 0 bridgehead atoms. The Labute approximate surface area is 127 Å². The highest BCUT2D eigenvalue weighted by molar-refractivity contribution is 5.39. The molecule has 0 saturated carbocycles. The molecule has 3 heteroatoms. The largest absolute Gasteiger partial charge is 0.439 e. The Hall–Kier alpha value is -1.87. The number of pyridine rings is 1. The molecule has 21 heavy (non-hydrogen) atoms. The molecule has 3 nitrogen and oxygen atoms in total. The van der Waals surface area contributed by atoms with E-state index in [1.165, 1.54) is 11.1 Å². The summed E-state index contributed by atoms with van der Waals surface area (Å²) < 4.78 is 5.92. The van der Waals surface area contributed by atoms with Crippen LogP contribution in [-0.4, -0.2) is 11.5 Å². The van der Waals surface area contributed by atoms with E-state index < -0.39 is 0 Å². The van der Waals surface area contributed by atoms with Crippen molar-refractivity contribution in [1.29, 1.82) is 0 Å². The lowest BCUT2D eigenvalue weighted by molar-refractivity contribution is 0.457. The van der Waals surface area contributed by atoms with Gasteiger partial charge in [-0.3, -0.25) is 0 Å². The van der Waals surface area contributed by atoms with Gasteiger partial charge in [0.25, 0.3) is 0 Å². The molecule has 0 saturated heterocycles. The van der Waals surface area contributed by atoms with Crippen LogP contribution in [0.1, 0.15) is 42.0 Å². The maximum absolute atomic E-state index is 5.92. The van der Waals surface area contributed by atoms with Gasteiger partial charge in [-0.25, -0.2) is 4.98 Å². The third-order valence-corrected chi connectivity index (χ3v) is 3.60. The van der Waals surface area contributed by atoms with Gasteiger partial charge in [0.15, 0.2) is 0 Å². The molecule has 112 valence electrons. The van der Waals surface area contributed by atoms with Gasteiger partial charge < -0.3 is 10.5 Å². The van der Waals surface area contributed by atoms with Gasteiger partial charge in [0.1, 0.15) is 5.75 Å². The number of aryl methyl sites for hydroxylation is 2. The highest BCUT2D eigenvalue weighted by Crippen LogP contribution is 2.27. The summed E-state index contributed by atoms with van der Waals surface area (Å²) in [6.07, 6.45) is 2.68. The molecule has 2 N–H and O–H groups in total. The van der Waals surface area contributed by atoms with Crippen LogP contribution in [0.2, 0.25) is 0 Å². The van der Waals surface area contributed by atoms with Gasteiger partial charge in [0.05, 0.1) is 0 Å². The Morgan fingerprint density at radius 3 is 2.48 bits per heavy atom. The molecule has 1 aromatic heterocycles. The van der Waals surface area contributed by atoms with Crippen LogP contribution in [0.4, 0.5) is 0 Å². The Morgan fingerprint density at radius 1 is 1.14 bits per heavy atom. The fourth-order valence-corrected chi connectivity index (χ4v) is 2.50. The average molecular weight is 284 g/mol. The van der Waals surface area contributed by atoms with Crippen molar-refractivity contribution in [1.82, 2.24) is 4.98 Å².